The van der Waals surface area contributed by atoms with E-state index in [4.69, 9.17) is 4.74 Å². The average Bonchev–Trinajstić information content (AvgIpc) is 3.11. The van der Waals surface area contributed by atoms with Crippen molar-refractivity contribution in [2.24, 2.45) is 0 Å². The Bertz CT molecular complexity index is 911. The van der Waals surface area contributed by atoms with Crippen molar-refractivity contribution in [3.05, 3.63) is 65.7 Å². The molecule has 0 spiro atoms. The Morgan fingerprint density at radius 3 is 2.63 bits per heavy atom. The van der Waals surface area contributed by atoms with Gasteiger partial charge < -0.3 is 10.1 Å². The third-order valence-electron chi connectivity index (χ3n) is 3.60. The molecule has 5 nitrogen and oxygen atoms in total. The van der Waals surface area contributed by atoms with Crippen molar-refractivity contribution >= 4 is 40.0 Å². The second kappa shape index (κ2) is 9.34. The number of hydrogen-bond donors (Lipinski definition) is 1. The number of anilines is 1. The standard InChI is InChI=1S/C20H18N2O3S2/c1-2-25-20(24)18-15(14-8-4-3-5-9-14)12-27-19(18)22-16(23)13-26-17-10-6-7-11-21-17/h3-12H,2,13H2,1H3,(H,22,23). The average molecular weight is 399 g/mol. The Kier molecular flexibility index (Phi) is 6.62. The van der Waals surface area contributed by atoms with Crippen LogP contribution in [0, 0.1) is 0 Å². The summed E-state index contributed by atoms with van der Waals surface area (Å²) in [6.45, 7) is 2.03. The molecule has 0 unspecified atom stereocenters. The first kappa shape index (κ1) is 19.1. The van der Waals surface area contributed by atoms with Crippen molar-refractivity contribution in [1.29, 1.82) is 0 Å². The molecule has 0 aliphatic carbocycles. The van der Waals surface area contributed by atoms with Gasteiger partial charge in [0, 0.05) is 17.1 Å². The fourth-order valence-corrected chi connectivity index (χ4v) is 4.06. The van der Waals surface area contributed by atoms with Crippen LogP contribution in [0.25, 0.3) is 11.1 Å². The summed E-state index contributed by atoms with van der Waals surface area (Å²) in [5.41, 5.74) is 2.05. The molecule has 1 aromatic carbocycles. The molecule has 2 heterocycles. The number of hydrogen-bond acceptors (Lipinski definition) is 6. The number of thioether (sulfide) groups is 1. The van der Waals surface area contributed by atoms with Gasteiger partial charge in [0.25, 0.3) is 0 Å². The second-order valence-corrected chi connectivity index (χ2v) is 7.32. The van der Waals surface area contributed by atoms with Gasteiger partial charge in [-0.1, -0.05) is 48.2 Å². The minimum Gasteiger partial charge on any atom is -0.462 e. The number of thiophene rings is 1. The predicted octanol–water partition coefficient (Wildman–Crippen LogP) is 4.72. The Morgan fingerprint density at radius 2 is 1.93 bits per heavy atom. The number of esters is 1. The van der Waals surface area contributed by atoms with Crippen LogP contribution in [0.4, 0.5) is 5.00 Å². The fourth-order valence-electron chi connectivity index (χ4n) is 2.42. The van der Waals surface area contributed by atoms with Crippen molar-refractivity contribution in [1.82, 2.24) is 4.98 Å². The second-order valence-electron chi connectivity index (χ2n) is 5.44. The van der Waals surface area contributed by atoms with Gasteiger partial charge in [0.05, 0.1) is 17.4 Å². The molecule has 0 radical (unpaired) electrons. The van der Waals surface area contributed by atoms with Gasteiger partial charge in [0.1, 0.15) is 10.6 Å². The highest BCUT2D eigenvalue weighted by molar-refractivity contribution is 7.99. The van der Waals surface area contributed by atoms with Crippen LogP contribution < -0.4 is 5.32 Å². The van der Waals surface area contributed by atoms with Gasteiger partial charge in [-0.05, 0) is 24.6 Å². The molecule has 0 fully saturated rings. The topological polar surface area (TPSA) is 68.3 Å². The molecule has 0 saturated heterocycles. The number of nitrogens with zero attached hydrogens (tertiary/aromatic N) is 1. The maximum atomic E-state index is 12.5. The molecule has 0 saturated carbocycles. The molecule has 0 aliphatic rings. The van der Waals surface area contributed by atoms with Gasteiger partial charge in [0.2, 0.25) is 5.91 Å². The summed E-state index contributed by atoms with van der Waals surface area (Å²) in [6.07, 6.45) is 1.69. The number of pyridine rings is 1. The van der Waals surface area contributed by atoms with Gasteiger partial charge >= 0.3 is 5.97 Å². The first-order valence-corrected chi connectivity index (χ1v) is 10.2. The van der Waals surface area contributed by atoms with E-state index in [2.05, 4.69) is 10.3 Å². The number of carbonyl (C=O) groups is 2. The summed E-state index contributed by atoms with van der Waals surface area (Å²) in [5.74, 6) is -0.430. The lowest BCUT2D eigenvalue weighted by molar-refractivity contribution is -0.113. The minimum absolute atomic E-state index is 0.197. The highest BCUT2D eigenvalue weighted by Gasteiger charge is 2.22. The molecule has 3 rings (SSSR count). The Hall–Kier alpha value is -2.64. The van der Waals surface area contributed by atoms with Crippen molar-refractivity contribution in [2.75, 3.05) is 17.7 Å². The number of benzene rings is 1. The normalized spacial score (nSPS) is 10.4. The summed E-state index contributed by atoms with van der Waals surface area (Å²) in [6, 6.07) is 15.1. The summed E-state index contributed by atoms with van der Waals surface area (Å²) in [7, 11) is 0. The smallest absolute Gasteiger partial charge is 0.341 e. The van der Waals surface area contributed by atoms with Crippen LogP contribution >= 0.6 is 23.1 Å². The fraction of sp³-hybridized carbons (Fsp3) is 0.150. The lowest BCUT2D eigenvalue weighted by Gasteiger charge is -2.08. The van der Waals surface area contributed by atoms with Crippen LogP contribution in [0.3, 0.4) is 0 Å². The molecule has 27 heavy (non-hydrogen) atoms. The lowest BCUT2D eigenvalue weighted by atomic mass is 10.0. The number of aromatic nitrogens is 1. The lowest BCUT2D eigenvalue weighted by Crippen LogP contribution is -2.16. The van der Waals surface area contributed by atoms with E-state index in [1.165, 1.54) is 23.1 Å². The zero-order valence-electron chi connectivity index (χ0n) is 14.7. The zero-order valence-corrected chi connectivity index (χ0v) is 16.3. The highest BCUT2D eigenvalue weighted by Crippen LogP contribution is 2.36. The number of ether oxygens (including phenoxy) is 1. The van der Waals surface area contributed by atoms with Crippen LogP contribution in [0.5, 0.6) is 0 Å². The quantitative estimate of drug-likeness (QED) is 0.461. The van der Waals surface area contributed by atoms with E-state index in [-0.39, 0.29) is 18.3 Å². The highest BCUT2D eigenvalue weighted by atomic mass is 32.2. The van der Waals surface area contributed by atoms with Crippen LogP contribution in [0.15, 0.2) is 65.1 Å². The predicted molar refractivity (Wildman–Crippen MR) is 109 cm³/mol. The number of amides is 1. The summed E-state index contributed by atoms with van der Waals surface area (Å²) >= 11 is 2.66. The maximum absolute atomic E-state index is 12.5. The first-order chi connectivity index (χ1) is 13.2. The Balaban J connectivity index is 1.79. The SMILES string of the molecule is CCOC(=O)c1c(-c2ccccc2)csc1NC(=O)CSc1ccccn1. The van der Waals surface area contributed by atoms with Gasteiger partial charge in [-0.25, -0.2) is 9.78 Å². The van der Waals surface area contributed by atoms with Gasteiger partial charge in [0.15, 0.2) is 0 Å². The molecule has 2 aromatic heterocycles. The molecule has 0 atom stereocenters. The molecule has 1 N–H and O–H groups in total. The number of rotatable bonds is 7. The van der Waals surface area contributed by atoms with E-state index >= 15 is 0 Å². The van der Waals surface area contributed by atoms with Crippen molar-refractivity contribution in [3.8, 4) is 11.1 Å². The van der Waals surface area contributed by atoms with Crippen LogP contribution in [-0.2, 0) is 9.53 Å². The Morgan fingerprint density at radius 1 is 1.15 bits per heavy atom. The van der Waals surface area contributed by atoms with E-state index < -0.39 is 5.97 Å². The largest absolute Gasteiger partial charge is 0.462 e. The molecule has 3 aromatic rings. The first-order valence-electron chi connectivity index (χ1n) is 8.36. The van der Waals surface area contributed by atoms with Crippen LogP contribution in [-0.4, -0.2) is 29.2 Å². The monoisotopic (exact) mass is 398 g/mol. The number of carbonyl (C=O) groups excluding carboxylic acids is 2. The molecular weight excluding hydrogens is 380 g/mol. The van der Waals surface area contributed by atoms with E-state index in [9.17, 15) is 9.59 Å². The maximum Gasteiger partial charge on any atom is 0.341 e. The van der Waals surface area contributed by atoms with E-state index in [0.717, 1.165) is 16.2 Å². The van der Waals surface area contributed by atoms with Crippen molar-refractivity contribution < 1.29 is 14.3 Å². The van der Waals surface area contributed by atoms with Crippen LogP contribution in [0.2, 0.25) is 0 Å². The summed E-state index contributed by atoms with van der Waals surface area (Å²) < 4.78 is 5.20. The molecular formula is C20H18N2O3S2. The van der Waals surface area contributed by atoms with Crippen molar-refractivity contribution in [2.45, 2.75) is 11.9 Å². The van der Waals surface area contributed by atoms with Crippen LogP contribution in [0.1, 0.15) is 17.3 Å². The molecule has 7 heteroatoms. The minimum atomic E-state index is -0.440. The van der Waals surface area contributed by atoms with E-state index in [0.29, 0.717) is 10.6 Å². The molecule has 0 aliphatic heterocycles. The van der Waals surface area contributed by atoms with E-state index in [1.54, 1.807) is 13.1 Å². The Labute approximate surface area is 165 Å². The van der Waals surface area contributed by atoms with Gasteiger partial charge in [-0.2, -0.15) is 0 Å². The van der Waals surface area contributed by atoms with Crippen molar-refractivity contribution in [3.63, 3.8) is 0 Å². The molecule has 0 bridgehead atoms. The van der Waals surface area contributed by atoms with E-state index in [1.807, 2.05) is 53.9 Å². The third kappa shape index (κ3) is 4.96. The molecule has 138 valence electrons. The summed E-state index contributed by atoms with van der Waals surface area (Å²) in [5, 5.41) is 5.98. The van der Waals surface area contributed by atoms with Gasteiger partial charge in [-0.3, -0.25) is 4.79 Å². The number of nitrogens with one attached hydrogen (secondary N) is 1. The zero-order chi connectivity index (χ0) is 19.1. The third-order valence-corrected chi connectivity index (χ3v) is 5.44. The summed E-state index contributed by atoms with van der Waals surface area (Å²) in [4.78, 5) is 29.0. The van der Waals surface area contributed by atoms with Gasteiger partial charge in [-0.15, -0.1) is 11.3 Å². The molecule has 1 amide bonds.